The van der Waals surface area contributed by atoms with Crippen LogP contribution in [0.3, 0.4) is 0 Å². The fraction of sp³-hybridized carbons (Fsp3) is 0.520. The van der Waals surface area contributed by atoms with E-state index in [9.17, 15) is 14.4 Å². The van der Waals surface area contributed by atoms with Crippen LogP contribution in [0.25, 0.3) is 0 Å². The molecule has 9 heteroatoms. The molecule has 1 aromatic carbocycles. The number of piperazine rings is 1. The summed E-state index contributed by atoms with van der Waals surface area (Å²) in [6.45, 7) is 8.00. The minimum absolute atomic E-state index is 0.0717. The number of hydrogen-bond donors (Lipinski definition) is 1. The first-order valence-corrected chi connectivity index (χ1v) is 12.0. The highest BCUT2D eigenvalue weighted by molar-refractivity contribution is 6.05. The second-order valence-electron chi connectivity index (χ2n) is 9.43. The van der Waals surface area contributed by atoms with E-state index in [4.69, 9.17) is 0 Å². The zero-order valence-corrected chi connectivity index (χ0v) is 20.3. The molecule has 0 unspecified atom stereocenters. The van der Waals surface area contributed by atoms with Crippen LogP contribution in [0.4, 0.5) is 11.5 Å². The third-order valence-electron chi connectivity index (χ3n) is 6.76. The van der Waals surface area contributed by atoms with Crippen LogP contribution in [0, 0.1) is 5.92 Å². The Hall–Kier alpha value is -3.36. The minimum Gasteiger partial charge on any atom is -0.350 e. The fourth-order valence-electron chi connectivity index (χ4n) is 4.59. The van der Waals surface area contributed by atoms with Crippen LogP contribution in [0.1, 0.15) is 42.6 Å². The van der Waals surface area contributed by atoms with Crippen molar-refractivity contribution in [3.8, 4) is 0 Å². The molecule has 1 aromatic heterocycles. The maximum Gasteiger partial charge on any atom is 0.255 e. The van der Waals surface area contributed by atoms with Crippen molar-refractivity contribution < 1.29 is 14.4 Å². The van der Waals surface area contributed by atoms with Crippen LogP contribution in [-0.2, 0) is 23.1 Å². The van der Waals surface area contributed by atoms with E-state index < -0.39 is 0 Å². The second-order valence-corrected chi connectivity index (χ2v) is 9.43. The van der Waals surface area contributed by atoms with E-state index in [-0.39, 0.29) is 17.7 Å². The number of nitrogens with zero attached hydrogens (tertiary/aromatic N) is 5. The third kappa shape index (κ3) is 5.58. The van der Waals surface area contributed by atoms with E-state index >= 15 is 0 Å². The Morgan fingerprint density at radius 1 is 1.03 bits per heavy atom. The summed E-state index contributed by atoms with van der Waals surface area (Å²) in [4.78, 5) is 43.2. The van der Waals surface area contributed by atoms with E-state index in [2.05, 4.69) is 22.2 Å². The van der Waals surface area contributed by atoms with Crippen molar-refractivity contribution >= 4 is 29.2 Å². The Morgan fingerprint density at radius 3 is 2.41 bits per heavy atom. The monoisotopic (exact) mass is 466 g/mol. The molecule has 2 saturated heterocycles. The summed E-state index contributed by atoms with van der Waals surface area (Å²) in [5.74, 6) is 1.32. The van der Waals surface area contributed by atoms with Gasteiger partial charge in [-0.1, -0.05) is 19.1 Å². The van der Waals surface area contributed by atoms with Gasteiger partial charge in [-0.2, -0.15) is 5.10 Å². The molecule has 34 heavy (non-hydrogen) atoms. The lowest BCUT2D eigenvalue weighted by atomic mass is 9.98. The van der Waals surface area contributed by atoms with Gasteiger partial charge in [0.05, 0.1) is 12.6 Å². The van der Waals surface area contributed by atoms with Gasteiger partial charge >= 0.3 is 0 Å². The summed E-state index contributed by atoms with van der Waals surface area (Å²) in [6, 6.07) is 7.27. The molecule has 9 nitrogen and oxygen atoms in total. The van der Waals surface area contributed by atoms with Crippen molar-refractivity contribution in [2.24, 2.45) is 13.0 Å². The molecule has 0 bridgehead atoms. The molecular formula is C25H34N6O3. The number of hydrogen-bond acceptors (Lipinski definition) is 5. The molecule has 0 atom stereocenters. The summed E-state index contributed by atoms with van der Waals surface area (Å²) < 4.78 is 1.68. The standard InChI is InChI=1S/C25H34N6O3/c1-18-7-9-30(10-8-18)23(33)16-20-5-4-6-21(15-20)25(34)26-22-17-28(3)27-24(22)31-13-11-29(12-14-31)19(2)32/h4-6,15,17-18H,7-14,16H2,1-3H3,(H,26,34). The van der Waals surface area contributed by atoms with Gasteiger partial charge in [0, 0.05) is 58.8 Å². The first-order chi connectivity index (χ1) is 16.3. The summed E-state index contributed by atoms with van der Waals surface area (Å²) >= 11 is 0. The molecule has 4 rings (SSSR count). The third-order valence-corrected chi connectivity index (χ3v) is 6.76. The lowest BCUT2D eigenvalue weighted by Crippen LogP contribution is -2.48. The lowest BCUT2D eigenvalue weighted by molar-refractivity contribution is -0.132. The number of nitrogens with one attached hydrogen (secondary N) is 1. The van der Waals surface area contributed by atoms with Crippen LogP contribution >= 0.6 is 0 Å². The Morgan fingerprint density at radius 2 is 1.74 bits per heavy atom. The average Bonchev–Trinajstić information content (AvgIpc) is 3.19. The molecule has 2 fully saturated rings. The molecule has 1 N–H and O–H groups in total. The number of anilines is 2. The van der Waals surface area contributed by atoms with Crippen molar-refractivity contribution in [3.63, 3.8) is 0 Å². The molecule has 0 aliphatic carbocycles. The lowest BCUT2D eigenvalue weighted by Gasteiger charge is -2.34. The van der Waals surface area contributed by atoms with Crippen molar-refractivity contribution in [1.82, 2.24) is 19.6 Å². The summed E-state index contributed by atoms with van der Waals surface area (Å²) in [5.41, 5.74) is 1.98. The maximum atomic E-state index is 13.1. The van der Waals surface area contributed by atoms with Crippen molar-refractivity contribution in [3.05, 3.63) is 41.6 Å². The molecule has 182 valence electrons. The molecule has 0 radical (unpaired) electrons. The van der Waals surface area contributed by atoms with Gasteiger partial charge in [-0.25, -0.2) is 0 Å². The van der Waals surface area contributed by atoms with Gasteiger partial charge in [0.1, 0.15) is 5.69 Å². The average molecular weight is 467 g/mol. The molecular weight excluding hydrogens is 432 g/mol. The van der Waals surface area contributed by atoms with Gasteiger partial charge in [0.25, 0.3) is 5.91 Å². The number of aryl methyl sites for hydroxylation is 1. The number of amides is 3. The smallest absolute Gasteiger partial charge is 0.255 e. The predicted octanol–water partition coefficient (Wildman–Crippen LogP) is 2.14. The first-order valence-electron chi connectivity index (χ1n) is 12.0. The highest BCUT2D eigenvalue weighted by Crippen LogP contribution is 2.26. The minimum atomic E-state index is -0.238. The van der Waals surface area contributed by atoms with E-state index in [1.54, 1.807) is 29.9 Å². The van der Waals surface area contributed by atoms with E-state index in [0.717, 1.165) is 31.5 Å². The van der Waals surface area contributed by atoms with Crippen LogP contribution in [0.5, 0.6) is 0 Å². The van der Waals surface area contributed by atoms with Gasteiger partial charge in [-0.05, 0) is 36.5 Å². The number of piperidine rings is 1. The summed E-state index contributed by atoms with van der Waals surface area (Å²) in [5, 5.41) is 7.53. The SMILES string of the molecule is CC(=O)N1CCN(c2nn(C)cc2NC(=O)c2cccc(CC(=O)N3CCC(C)CC3)c2)CC1. The van der Waals surface area contributed by atoms with Gasteiger partial charge in [0.2, 0.25) is 11.8 Å². The van der Waals surface area contributed by atoms with Gasteiger partial charge in [-0.3, -0.25) is 19.1 Å². The Labute approximate surface area is 200 Å². The molecule has 0 spiro atoms. The predicted molar refractivity (Wildman–Crippen MR) is 131 cm³/mol. The Kier molecular flexibility index (Phi) is 7.19. The molecule has 2 aromatic rings. The molecule has 2 aliphatic heterocycles. The summed E-state index contributed by atoms with van der Waals surface area (Å²) in [7, 11) is 1.82. The van der Waals surface area contributed by atoms with Gasteiger partial charge in [0.15, 0.2) is 5.82 Å². The Balaban J connectivity index is 1.41. The number of aromatic nitrogens is 2. The quantitative estimate of drug-likeness (QED) is 0.729. The molecule has 2 aliphatic rings. The zero-order valence-electron chi connectivity index (χ0n) is 20.3. The molecule has 0 saturated carbocycles. The van der Waals surface area contributed by atoms with E-state index in [1.165, 1.54) is 0 Å². The first kappa shape index (κ1) is 23.8. The second kappa shape index (κ2) is 10.3. The van der Waals surface area contributed by atoms with Crippen LogP contribution in [-0.4, -0.2) is 76.6 Å². The topological polar surface area (TPSA) is 90.8 Å². The van der Waals surface area contributed by atoms with E-state index in [0.29, 0.717) is 55.6 Å². The number of likely N-dealkylation sites (tertiary alicyclic amines) is 1. The molecule has 3 amide bonds. The van der Waals surface area contributed by atoms with Crippen molar-refractivity contribution in [1.29, 1.82) is 0 Å². The Bertz CT molecular complexity index is 1050. The van der Waals surface area contributed by atoms with Gasteiger partial charge in [-0.15, -0.1) is 0 Å². The van der Waals surface area contributed by atoms with Crippen LogP contribution < -0.4 is 10.2 Å². The number of rotatable bonds is 5. The number of benzene rings is 1. The number of carbonyl (C=O) groups is 3. The van der Waals surface area contributed by atoms with Gasteiger partial charge < -0.3 is 20.0 Å². The zero-order chi connectivity index (χ0) is 24.2. The molecule has 3 heterocycles. The van der Waals surface area contributed by atoms with Crippen LogP contribution in [0.15, 0.2) is 30.5 Å². The van der Waals surface area contributed by atoms with Crippen molar-refractivity contribution in [2.45, 2.75) is 33.1 Å². The highest BCUT2D eigenvalue weighted by atomic mass is 16.2. The van der Waals surface area contributed by atoms with Crippen LogP contribution in [0.2, 0.25) is 0 Å². The fourth-order valence-corrected chi connectivity index (χ4v) is 4.59. The van der Waals surface area contributed by atoms with Crippen molar-refractivity contribution in [2.75, 3.05) is 49.5 Å². The summed E-state index contributed by atoms with van der Waals surface area (Å²) in [6.07, 6.45) is 4.18. The largest absolute Gasteiger partial charge is 0.350 e. The maximum absolute atomic E-state index is 13.1. The highest BCUT2D eigenvalue weighted by Gasteiger charge is 2.24. The normalized spacial score (nSPS) is 17.1. The van der Waals surface area contributed by atoms with E-state index in [1.807, 2.05) is 29.0 Å². The number of carbonyl (C=O) groups excluding carboxylic acids is 3.